The summed E-state index contributed by atoms with van der Waals surface area (Å²) in [7, 11) is 0. The fourth-order valence-electron chi connectivity index (χ4n) is 2.68. The van der Waals surface area contributed by atoms with Gasteiger partial charge in [-0.1, -0.05) is 76.9 Å². The molecule has 0 amide bonds. The first-order chi connectivity index (χ1) is 11.8. The SMILES string of the molecule is CCCCCCCC/C=C\CCCCCCCCOC(=O)CC=N. The van der Waals surface area contributed by atoms with E-state index in [-0.39, 0.29) is 12.4 Å². The van der Waals surface area contributed by atoms with Crippen LogP contribution in [-0.2, 0) is 9.53 Å². The first-order valence-corrected chi connectivity index (χ1v) is 10.1. The summed E-state index contributed by atoms with van der Waals surface area (Å²) >= 11 is 0. The quantitative estimate of drug-likeness (QED) is 0.132. The number of allylic oxidation sites excluding steroid dienone is 2. The summed E-state index contributed by atoms with van der Waals surface area (Å²) < 4.78 is 5.00. The van der Waals surface area contributed by atoms with Crippen molar-refractivity contribution in [3.05, 3.63) is 12.2 Å². The van der Waals surface area contributed by atoms with Crippen molar-refractivity contribution in [1.82, 2.24) is 0 Å². The molecule has 0 atom stereocenters. The third-order valence-electron chi connectivity index (χ3n) is 4.19. The molecule has 0 aromatic heterocycles. The van der Waals surface area contributed by atoms with Crippen LogP contribution in [0, 0.1) is 5.41 Å². The molecule has 1 N–H and O–H groups in total. The van der Waals surface area contributed by atoms with Gasteiger partial charge < -0.3 is 10.1 Å². The number of ether oxygens (including phenoxy) is 1. The molecule has 0 aromatic carbocycles. The molecule has 140 valence electrons. The molecule has 0 heterocycles. The van der Waals surface area contributed by atoms with Gasteiger partial charge in [-0.3, -0.25) is 4.79 Å². The van der Waals surface area contributed by atoms with E-state index in [1.807, 2.05) is 0 Å². The van der Waals surface area contributed by atoms with Gasteiger partial charge in [-0.15, -0.1) is 0 Å². The second-order valence-electron chi connectivity index (χ2n) is 6.57. The Morgan fingerprint density at radius 1 is 0.792 bits per heavy atom. The molecule has 3 heteroatoms. The number of hydrogen-bond acceptors (Lipinski definition) is 3. The van der Waals surface area contributed by atoms with E-state index in [9.17, 15) is 4.79 Å². The minimum atomic E-state index is -0.280. The minimum absolute atomic E-state index is 0.104. The molecule has 24 heavy (non-hydrogen) atoms. The number of rotatable bonds is 18. The van der Waals surface area contributed by atoms with Gasteiger partial charge >= 0.3 is 5.97 Å². The van der Waals surface area contributed by atoms with Crippen LogP contribution in [0.4, 0.5) is 0 Å². The van der Waals surface area contributed by atoms with E-state index in [1.165, 1.54) is 77.0 Å². The molecule has 0 unspecified atom stereocenters. The van der Waals surface area contributed by atoms with Crippen molar-refractivity contribution in [2.24, 2.45) is 0 Å². The summed E-state index contributed by atoms with van der Waals surface area (Å²) in [5, 5.41) is 6.81. The van der Waals surface area contributed by atoms with Gasteiger partial charge in [0.05, 0.1) is 13.0 Å². The van der Waals surface area contributed by atoms with E-state index in [2.05, 4.69) is 19.1 Å². The van der Waals surface area contributed by atoms with Gasteiger partial charge in [0.15, 0.2) is 0 Å². The van der Waals surface area contributed by atoms with Crippen LogP contribution in [0.2, 0.25) is 0 Å². The van der Waals surface area contributed by atoms with Crippen molar-refractivity contribution in [2.45, 2.75) is 103 Å². The maximum Gasteiger partial charge on any atom is 0.311 e. The summed E-state index contributed by atoms with van der Waals surface area (Å²) in [5.41, 5.74) is 0. The largest absolute Gasteiger partial charge is 0.465 e. The normalized spacial score (nSPS) is 11.0. The zero-order valence-corrected chi connectivity index (χ0v) is 15.9. The summed E-state index contributed by atoms with van der Waals surface area (Å²) in [6.07, 6.45) is 23.8. The first kappa shape index (κ1) is 22.9. The molecule has 0 saturated heterocycles. The number of esters is 1. The number of nitrogens with one attached hydrogen (secondary N) is 1. The Balaban J connectivity index is 3.12. The molecule has 0 radical (unpaired) electrons. The summed E-state index contributed by atoms with van der Waals surface area (Å²) in [4.78, 5) is 11.0. The average Bonchev–Trinajstić information content (AvgIpc) is 2.58. The highest BCUT2D eigenvalue weighted by Gasteiger charge is 1.98. The maximum absolute atomic E-state index is 11.0. The van der Waals surface area contributed by atoms with E-state index in [0.717, 1.165) is 19.1 Å². The molecule has 0 aromatic rings. The van der Waals surface area contributed by atoms with Crippen LogP contribution in [0.25, 0.3) is 0 Å². The second-order valence-corrected chi connectivity index (χ2v) is 6.57. The van der Waals surface area contributed by atoms with Crippen LogP contribution in [0.15, 0.2) is 12.2 Å². The lowest BCUT2D eigenvalue weighted by Crippen LogP contribution is -2.05. The Labute approximate surface area is 149 Å². The lowest BCUT2D eigenvalue weighted by atomic mass is 10.1. The van der Waals surface area contributed by atoms with Crippen LogP contribution >= 0.6 is 0 Å². The number of unbranched alkanes of at least 4 members (excludes halogenated alkanes) is 12. The Kier molecular flexibility index (Phi) is 19.0. The summed E-state index contributed by atoms with van der Waals surface area (Å²) in [6.45, 7) is 2.77. The first-order valence-electron chi connectivity index (χ1n) is 10.1. The molecule has 0 bridgehead atoms. The van der Waals surface area contributed by atoms with Gasteiger partial charge in [0.1, 0.15) is 0 Å². The van der Waals surface area contributed by atoms with Gasteiger partial charge in [0.2, 0.25) is 0 Å². The van der Waals surface area contributed by atoms with Gasteiger partial charge in [-0.2, -0.15) is 0 Å². The smallest absolute Gasteiger partial charge is 0.311 e. The van der Waals surface area contributed by atoms with Gasteiger partial charge in [-0.25, -0.2) is 0 Å². The van der Waals surface area contributed by atoms with Crippen LogP contribution in [0.5, 0.6) is 0 Å². The van der Waals surface area contributed by atoms with Crippen molar-refractivity contribution in [3.8, 4) is 0 Å². The van der Waals surface area contributed by atoms with Crippen molar-refractivity contribution >= 4 is 12.2 Å². The molecule has 0 rings (SSSR count). The van der Waals surface area contributed by atoms with Crippen molar-refractivity contribution in [2.75, 3.05) is 6.61 Å². The zero-order valence-electron chi connectivity index (χ0n) is 15.9. The number of carbonyl (C=O) groups excluding carboxylic acids is 1. The average molecular weight is 338 g/mol. The molecular formula is C21H39NO2. The predicted molar refractivity (Wildman–Crippen MR) is 104 cm³/mol. The van der Waals surface area contributed by atoms with Gasteiger partial charge in [-0.05, 0) is 32.1 Å². The third-order valence-corrected chi connectivity index (χ3v) is 4.19. The Bertz CT molecular complexity index is 313. The molecular weight excluding hydrogens is 298 g/mol. The molecule has 0 spiro atoms. The Morgan fingerprint density at radius 2 is 1.29 bits per heavy atom. The highest BCUT2D eigenvalue weighted by molar-refractivity contribution is 5.84. The molecule has 0 fully saturated rings. The topological polar surface area (TPSA) is 50.2 Å². The summed E-state index contributed by atoms with van der Waals surface area (Å²) in [6, 6.07) is 0. The van der Waals surface area contributed by atoms with Crippen LogP contribution in [-0.4, -0.2) is 18.8 Å². The number of carbonyl (C=O) groups is 1. The van der Waals surface area contributed by atoms with Crippen LogP contribution in [0.3, 0.4) is 0 Å². The molecule has 0 aliphatic heterocycles. The standard InChI is InChI=1S/C21H39NO2/c1-2-3-4-5-6-7-8-9-10-11-12-13-14-15-16-17-20-24-21(23)18-19-22/h9-10,19,22H,2-8,11-18,20H2,1H3/b10-9-,22-19?. The Hall–Kier alpha value is -1.12. The molecule has 0 aliphatic carbocycles. The van der Waals surface area contributed by atoms with Crippen LogP contribution in [0.1, 0.15) is 103 Å². The highest BCUT2D eigenvalue weighted by Crippen LogP contribution is 2.10. The van der Waals surface area contributed by atoms with E-state index in [1.54, 1.807) is 0 Å². The zero-order chi connectivity index (χ0) is 17.7. The highest BCUT2D eigenvalue weighted by atomic mass is 16.5. The minimum Gasteiger partial charge on any atom is -0.465 e. The predicted octanol–water partition coefficient (Wildman–Crippen LogP) is 6.61. The number of hydrogen-bond donors (Lipinski definition) is 1. The second kappa shape index (κ2) is 19.9. The Morgan fingerprint density at radius 3 is 1.83 bits per heavy atom. The lowest BCUT2D eigenvalue weighted by molar-refractivity contribution is -0.142. The summed E-state index contributed by atoms with van der Waals surface area (Å²) in [5.74, 6) is -0.280. The van der Waals surface area contributed by atoms with Crippen molar-refractivity contribution in [3.63, 3.8) is 0 Å². The van der Waals surface area contributed by atoms with Crippen LogP contribution < -0.4 is 0 Å². The van der Waals surface area contributed by atoms with Crippen molar-refractivity contribution < 1.29 is 9.53 Å². The fourth-order valence-corrected chi connectivity index (χ4v) is 2.68. The van der Waals surface area contributed by atoms with Gasteiger partial charge in [0.25, 0.3) is 0 Å². The third kappa shape index (κ3) is 18.9. The van der Waals surface area contributed by atoms with Crippen molar-refractivity contribution in [1.29, 1.82) is 5.41 Å². The monoisotopic (exact) mass is 337 g/mol. The molecule has 3 nitrogen and oxygen atoms in total. The van der Waals surface area contributed by atoms with E-state index in [0.29, 0.717) is 6.61 Å². The van der Waals surface area contributed by atoms with E-state index < -0.39 is 0 Å². The molecule has 0 saturated carbocycles. The van der Waals surface area contributed by atoms with Gasteiger partial charge in [0, 0.05) is 6.21 Å². The fraction of sp³-hybridized carbons (Fsp3) is 0.810. The lowest BCUT2D eigenvalue weighted by Gasteiger charge is -2.03. The van der Waals surface area contributed by atoms with E-state index in [4.69, 9.17) is 10.1 Å². The maximum atomic E-state index is 11.0. The molecule has 0 aliphatic rings. The van der Waals surface area contributed by atoms with E-state index >= 15 is 0 Å².